The number of hydrogen-bond acceptors (Lipinski definition) is 3. The normalized spacial score (nSPS) is 25.5. The average molecular weight is 206 g/mol. The molecule has 14 heavy (non-hydrogen) atoms. The van der Waals surface area contributed by atoms with Crippen LogP contribution in [0.15, 0.2) is 35.8 Å². The van der Waals surface area contributed by atoms with Crippen LogP contribution in [0.4, 0.5) is 0 Å². The Morgan fingerprint density at radius 1 is 1.50 bits per heavy atom. The van der Waals surface area contributed by atoms with Crippen LogP contribution in [0.5, 0.6) is 0 Å². The van der Waals surface area contributed by atoms with Gasteiger partial charge in [-0.25, -0.2) is 9.97 Å². The molecule has 0 radical (unpaired) electrons. The standard InChI is InChI=1S/C11H14N2S/c1-2-4-9-7-10(9)8-14-11-12-5-3-6-13-11/h2-6,9-10H,7-8H2,1H3/b4-2+/t9-,10-/m1/s1. The highest BCUT2D eigenvalue weighted by atomic mass is 32.2. The van der Waals surface area contributed by atoms with Crippen molar-refractivity contribution in [2.75, 3.05) is 5.75 Å². The Labute approximate surface area is 88.9 Å². The first-order valence-corrected chi connectivity index (χ1v) is 5.91. The first kappa shape index (κ1) is 9.71. The Morgan fingerprint density at radius 2 is 2.29 bits per heavy atom. The van der Waals surface area contributed by atoms with Crippen LogP contribution < -0.4 is 0 Å². The van der Waals surface area contributed by atoms with Gasteiger partial charge in [0.05, 0.1) is 0 Å². The quantitative estimate of drug-likeness (QED) is 0.430. The fourth-order valence-electron chi connectivity index (χ4n) is 1.49. The number of nitrogens with zero attached hydrogens (tertiary/aromatic N) is 2. The topological polar surface area (TPSA) is 25.8 Å². The lowest BCUT2D eigenvalue weighted by atomic mass is 10.3. The molecule has 1 aromatic heterocycles. The lowest BCUT2D eigenvalue weighted by Crippen LogP contribution is -1.88. The van der Waals surface area contributed by atoms with Crippen LogP contribution in [0.3, 0.4) is 0 Å². The van der Waals surface area contributed by atoms with Gasteiger partial charge in [0, 0.05) is 18.1 Å². The van der Waals surface area contributed by atoms with Crippen molar-refractivity contribution in [3.63, 3.8) is 0 Å². The van der Waals surface area contributed by atoms with Crippen LogP contribution in [0, 0.1) is 11.8 Å². The van der Waals surface area contributed by atoms with Gasteiger partial charge >= 0.3 is 0 Å². The van der Waals surface area contributed by atoms with Crippen LogP contribution in [0.2, 0.25) is 0 Å². The summed E-state index contributed by atoms with van der Waals surface area (Å²) < 4.78 is 0. The van der Waals surface area contributed by atoms with E-state index in [1.165, 1.54) is 6.42 Å². The van der Waals surface area contributed by atoms with Gasteiger partial charge in [0.2, 0.25) is 0 Å². The van der Waals surface area contributed by atoms with Crippen LogP contribution in [-0.4, -0.2) is 15.7 Å². The predicted molar refractivity (Wildman–Crippen MR) is 59.2 cm³/mol. The third-order valence-corrected chi connectivity index (χ3v) is 3.45. The summed E-state index contributed by atoms with van der Waals surface area (Å²) in [5, 5.41) is 0.902. The zero-order valence-electron chi connectivity index (χ0n) is 8.26. The average Bonchev–Trinajstić information content (AvgIpc) is 2.96. The number of allylic oxidation sites excluding steroid dienone is 2. The van der Waals surface area contributed by atoms with Gasteiger partial charge in [-0.1, -0.05) is 23.9 Å². The molecule has 1 saturated carbocycles. The molecule has 0 aromatic carbocycles. The number of hydrogen-bond donors (Lipinski definition) is 0. The van der Waals surface area contributed by atoms with Crippen molar-refractivity contribution in [2.45, 2.75) is 18.5 Å². The summed E-state index contributed by atoms with van der Waals surface area (Å²) in [6.07, 6.45) is 9.38. The second kappa shape index (κ2) is 4.60. The lowest BCUT2D eigenvalue weighted by molar-refractivity contribution is 0.899. The maximum atomic E-state index is 4.18. The maximum absolute atomic E-state index is 4.18. The molecule has 1 fully saturated rings. The van der Waals surface area contributed by atoms with Crippen molar-refractivity contribution in [2.24, 2.45) is 11.8 Å². The molecule has 2 rings (SSSR count). The van der Waals surface area contributed by atoms with Gasteiger partial charge < -0.3 is 0 Å². The van der Waals surface area contributed by atoms with Crippen molar-refractivity contribution in [1.29, 1.82) is 0 Å². The van der Waals surface area contributed by atoms with E-state index in [0.29, 0.717) is 0 Å². The molecule has 1 aliphatic rings. The third-order valence-electron chi connectivity index (χ3n) is 2.39. The summed E-state index contributed by atoms with van der Waals surface area (Å²) in [5.41, 5.74) is 0. The van der Waals surface area contributed by atoms with Gasteiger partial charge in [-0.2, -0.15) is 0 Å². The number of aromatic nitrogens is 2. The van der Waals surface area contributed by atoms with Gasteiger partial charge in [-0.3, -0.25) is 0 Å². The zero-order valence-corrected chi connectivity index (χ0v) is 9.07. The molecule has 2 atom stereocenters. The van der Waals surface area contributed by atoms with E-state index in [0.717, 1.165) is 22.7 Å². The maximum Gasteiger partial charge on any atom is 0.187 e. The second-order valence-corrected chi connectivity index (χ2v) is 4.51. The van der Waals surface area contributed by atoms with Gasteiger partial charge in [-0.15, -0.1) is 0 Å². The summed E-state index contributed by atoms with van der Waals surface area (Å²) in [6, 6.07) is 1.85. The van der Waals surface area contributed by atoms with Crippen molar-refractivity contribution >= 4 is 11.8 Å². The van der Waals surface area contributed by atoms with Crippen LogP contribution in [-0.2, 0) is 0 Å². The summed E-state index contributed by atoms with van der Waals surface area (Å²) in [7, 11) is 0. The highest BCUT2D eigenvalue weighted by Crippen LogP contribution is 2.42. The Morgan fingerprint density at radius 3 is 3.00 bits per heavy atom. The van der Waals surface area contributed by atoms with E-state index < -0.39 is 0 Å². The molecule has 0 amide bonds. The minimum Gasteiger partial charge on any atom is -0.231 e. The van der Waals surface area contributed by atoms with Gasteiger partial charge in [0.1, 0.15) is 0 Å². The van der Waals surface area contributed by atoms with E-state index in [1.54, 1.807) is 24.2 Å². The molecular weight excluding hydrogens is 192 g/mol. The van der Waals surface area contributed by atoms with Crippen LogP contribution in [0.25, 0.3) is 0 Å². The van der Waals surface area contributed by atoms with Gasteiger partial charge in [-0.05, 0) is 31.2 Å². The fourth-order valence-corrected chi connectivity index (χ4v) is 2.50. The molecule has 0 aliphatic heterocycles. The Bertz CT molecular complexity index is 310. The van der Waals surface area contributed by atoms with E-state index in [9.17, 15) is 0 Å². The van der Waals surface area contributed by atoms with Gasteiger partial charge in [0.15, 0.2) is 5.16 Å². The van der Waals surface area contributed by atoms with E-state index >= 15 is 0 Å². The van der Waals surface area contributed by atoms with Gasteiger partial charge in [0.25, 0.3) is 0 Å². The first-order valence-electron chi connectivity index (χ1n) is 4.93. The monoisotopic (exact) mass is 206 g/mol. The molecule has 1 aliphatic carbocycles. The summed E-state index contributed by atoms with van der Waals surface area (Å²) in [6.45, 7) is 2.09. The molecule has 0 saturated heterocycles. The summed E-state index contributed by atoms with van der Waals surface area (Å²) in [4.78, 5) is 8.37. The van der Waals surface area contributed by atoms with Crippen molar-refractivity contribution in [3.8, 4) is 0 Å². The molecule has 0 N–H and O–H groups in total. The van der Waals surface area contributed by atoms with E-state index in [-0.39, 0.29) is 0 Å². The third kappa shape index (κ3) is 2.58. The smallest absolute Gasteiger partial charge is 0.187 e. The van der Waals surface area contributed by atoms with E-state index in [2.05, 4.69) is 29.0 Å². The number of thioether (sulfide) groups is 1. The van der Waals surface area contributed by atoms with Crippen molar-refractivity contribution < 1.29 is 0 Å². The van der Waals surface area contributed by atoms with Crippen LogP contribution in [0.1, 0.15) is 13.3 Å². The van der Waals surface area contributed by atoms with Crippen LogP contribution >= 0.6 is 11.8 Å². The molecule has 0 bridgehead atoms. The highest BCUT2D eigenvalue weighted by molar-refractivity contribution is 7.99. The number of rotatable bonds is 4. The molecule has 2 nitrogen and oxygen atoms in total. The second-order valence-electron chi connectivity index (χ2n) is 3.53. The molecule has 1 heterocycles. The minimum atomic E-state index is 0.816. The first-order chi connectivity index (χ1) is 6.90. The van der Waals surface area contributed by atoms with E-state index in [4.69, 9.17) is 0 Å². The van der Waals surface area contributed by atoms with E-state index in [1.807, 2.05) is 6.07 Å². The highest BCUT2D eigenvalue weighted by Gasteiger charge is 2.34. The molecule has 1 aromatic rings. The molecule has 0 spiro atoms. The van der Waals surface area contributed by atoms with Crippen molar-refractivity contribution in [1.82, 2.24) is 9.97 Å². The Kier molecular flexibility index (Phi) is 3.19. The Balaban J connectivity index is 1.75. The molecular formula is C11H14N2S. The summed E-state index contributed by atoms with van der Waals surface area (Å²) in [5.74, 6) is 2.81. The molecule has 3 heteroatoms. The largest absolute Gasteiger partial charge is 0.231 e. The molecule has 0 unspecified atom stereocenters. The predicted octanol–water partition coefficient (Wildman–Crippen LogP) is 2.78. The SMILES string of the molecule is C/C=C/[C@@H]1C[C@@H]1CSc1ncccn1. The zero-order chi connectivity index (χ0) is 9.80. The van der Waals surface area contributed by atoms with Crippen molar-refractivity contribution in [3.05, 3.63) is 30.6 Å². The molecule has 74 valence electrons. The lowest BCUT2D eigenvalue weighted by Gasteiger charge is -1.96. The minimum absolute atomic E-state index is 0.816. The Hall–Kier alpha value is -0.830. The fraction of sp³-hybridized carbons (Fsp3) is 0.455. The summed E-state index contributed by atoms with van der Waals surface area (Å²) >= 11 is 1.76.